The normalized spacial score (nSPS) is 11.3. The minimum absolute atomic E-state index is 0.594. The molecule has 0 saturated heterocycles. The summed E-state index contributed by atoms with van der Waals surface area (Å²) in [6.07, 6.45) is 2.90. The molecular weight excluding hydrogens is 294 g/mol. The lowest BCUT2D eigenvalue weighted by atomic mass is 9.94. The summed E-state index contributed by atoms with van der Waals surface area (Å²) in [7, 11) is 0. The van der Waals surface area contributed by atoms with Crippen LogP contribution in [0.15, 0.2) is 73.8 Å². The topological polar surface area (TPSA) is 42.4 Å². The molecule has 0 aliphatic rings. The van der Waals surface area contributed by atoms with Crippen LogP contribution in [0.1, 0.15) is 5.56 Å². The largest absolute Gasteiger partial charge is 0.431 e. The van der Waals surface area contributed by atoms with Crippen LogP contribution in [0.4, 0.5) is 0 Å². The van der Waals surface area contributed by atoms with E-state index in [4.69, 9.17) is 4.74 Å². The van der Waals surface area contributed by atoms with Crippen LogP contribution in [0.2, 0.25) is 0 Å². The summed E-state index contributed by atoms with van der Waals surface area (Å²) in [5.41, 5.74) is 0.384. The number of aliphatic hydroxyl groups is 1. The van der Waals surface area contributed by atoms with Gasteiger partial charge in [0.1, 0.15) is 11.4 Å². The van der Waals surface area contributed by atoms with Crippen LogP contribution in [0, 0.1) is 0 Å². The Bertz CT molecular complexity index is 779. The van der Waals surface area contributed by atoms with Gasteiger partial charge in [0.2, 0.25) is 0 Å². The second kappa shape index (κ2) is 5.75. The van der Waals surface area contributed by atoms with Gasteiger partial charge in [0, 0.05) is 0 Å². The van der Waals surface area contributed by atoms with E-state index in [-0.39, 0.29) is 0 Å². The van der Waals surface area contributed by atoms with E-state index in [2.05, 4.69) is 18.1 Å². The lowest BCUT2D eigenvalue weighted by Crippen LogP contribution is -2.18. The van der Waals surface area contributed by atoms with Crippen molar-refractivity contribution in [2.24, 2.45) is 0 Å². The Morgan fingerprint density at radius 1 is 1.05 bits per heavy atom. The number of hydrogen-bond acceptors (Lipinski definition) is 4. The van der Waals surface area contributed by atoms with Gasteiger partial charge in [0.05, 0.1) is 10.2 Å². The maximum Gasteiger partial charge on any atom is 0.279 e. The third-order valence-corrected chi connectivity index (χ3v) is 4.33. The molecule has 0 atom stereocenters. The number of benzene rings is 2. The third-order valence-electron chi connectivity index (χ3n) is 3.42. The Morgan fingerprint density at radius 2 is 1.73 bits per heavy atom. The molecule has 1 aromatic heterocycles. The molecular formula is C18H15NO2S. The minimum atomic E-state index is -1.23. The van der Waals surface area contributed by atoms with Crippen molar-refractivity contribution in [2.75, 3.05) is 0 Å². The maximum atomic E-state index is 10.3. The zero-order valence-electron chi connectivity index (χ0n) is 11.9. The summed E-state index contributed by atoms with van der Waals surface area (Å²) in [6.45, 7) is 7.27. The van der Waals surface area contributed by atoms with E-state index in [1.807, 2.05) is 24.3 Å². The average Bonchev–Trinajstić information content (AvgIpc) is 2.97. The number of para-hydroxylation sites is 1. The van der Waals surface area contributed by atoms with Gasteiger partial charge in [-0.1, -0.05) is 60.9 Å². The molecule has 3 rings (SSSR count). The molecule has 0 aliphatic heterocycles. The first-order valence-electron chi connectivity index (χ1n) is 6.78. The lowest BCUT2D eigenvalue weighted by Gasteiger charge is -2.20. The number of nitrogens with zero attached hydrogens (tertiary/aromatic N) is 1. The highest BCUT2D eigenvalue weighted by Crippen LogP contribution is 2.32. The molecule has 0 bridgehead atoms. The van der Waals surface area contributed by atoms with Gasteiger partial charge in [0.15, 0.2) is 0 Å². The number of rotatable bonds is 5. The summed E-state index contributed by atoms with van der Waals surface area (Å²) in [5, 5.41) is 10.9. The van der Waals surface area contributed by atoms with Gasteiger partial charge in [-0.15, -0.1) is 0 Å². The molecule has 110 valence electrons. The summed E-state index contributed by atoms with van der Waals surface area (Å²) in [6, 6.07) is 15.0. The molecule has 1 heterocycles. The third kappa shape index (κ3) is 2.66. The fourth-order valence-corrected chi connectivity index (χ4v) is 2.94. The van der Waals surface area contributed by atoms with Gasteiger partial charge in [-0.3, -0.25) is 0 Å². The minimum Gasteiger partial charge on any atom is -0.431 e. The van der Waals surface area contributed by atoms with Crippen LogP contribution in [-0.4, -0.2) is 10.1 Å². The van der Waals surface area contributed by atoms with Gasteiger partial charge in [0.25, 0.3) is 5.19 Å². The van der Waals surface area contributed by atoms with Crippen LogP contribution in [0.5, 0.6) is 10.9 Å². The fraction of sp³-hybridized carbons (Fsp3) is 0.0556. The average molecular weight is 309 g/mol. The van der Waals surface area contributed by atoms with E-state index in [0.717, 1.165) is 10.2 Å². The first-order valence-corrected chi connectivity index (χ1v) is 7.60. The maximum absolute atomic E-state index is 10.3. The van der Waals surface area contributed by atoms with Crippen molar-refractivity contribution in [3.8, 4) is 10.9 Å². The summed E-state index contributed by atoms with van der Waals surface area (Å²) in [5.74, 6) is 0.665. The molecule has 3 aromatic rings. The van der Waals surface area contributed by atoms with Crippen molar-refractivity contribution < 1.29 is 9.84 Å². The predicted octanol–water partition coefficient (Wildman–Crippen LogP) is 4.65. The quantitative estimate of drug-likeness (QED) is 0.698. The van der Waals surface area contributed by atoms with Gasteiger partial charge in [-0.2, -0.15) is 0 Å². The van der Waals surface area contributed by atoms with Crippen molar-refractivity contribution in [1.82, 2.24) is 4.98 Å². The summed E-state index contributed by atoms with van der Waals surface area (Å²) in [4.78, 5) is 4.43. The molecule has 0 unspecified atom stereocenters. The molecule has 1 N–H and O–H groups in total. The first kappa shape index (κ1) is 14.5. The highest BCUT2D eigenvalue weighted by Gasteiger charge is 2.20. The zero-order chi connectivity index (χ0) is 15.6. The summed E-state index contributed by atoms with van der Waals surface area (Å²) >= 11 is 1.50. The Kier molecular flexibility index (Phi) is 3.79. The molecule has 0 spiro atoms. The predicted molar refractivity (Wildman–Crippen MR) is 90.4 cm³/mol. The van der Waals surface area contributed by atoms with Gasteiger partial charge in [-0.05, 0) is 29.8 Å². The highest BCUT2D eigenvalue weighted by molar-refractivity contribution is 7.20. The van der Waals surface area contributed by atoms with Crippen LogP contribution >= 0.6 is 11.3 Å². The molecule has 4 heteroatoms. The second-order valence-electron chi connectivity index (χ2n) is 4.81. The number of hydrogen-bond donors (Lipinski definition) is 1. The van der Waals surface area contributed by atoms with Gasteiger partial charge in [-0.25, -0.2) is 4.98 Å². The van der Waals surface area contributed by atoms with E-state index in [0.29, 0.717) is 16.5 Å². The van der Waals surface area contributed by atoms with E-state index in [9.17, 15) is 5.11 Å². The Labute approximate surface area is 132 Å². The van der Waals surface area contributed by atoms with Crippen molar-refractivity contribution in [2.45, 2.75) is 5.60 Å². The van der Waals surface area contributed by atoms with Gasteiger partial charge >= 0.3 is 0 Å². The summed E-state index contributed by atoms with van der Waals surface area (Å²) < 4.78 is 6.86. The molecule has 0 fully saturated rings. The van der Waals surface area contributed by atoms with Crippen molar-refractivity contribution >= 4 is 21.6 Å². The second-order valence-corrected chi connectivity index (χ2v) is 5.80. The van der Waals surface area contributed by atoms with Crippen LogP contribution in [0.3, 0.4) is 0 Å². The molecule has 22 heavy (non-hydrogen) atoms. The molecule has 0 amide bonds. The smallest absolute Gasteiger partial charge is 0.279 e. The Hall–Kier alpha value is -2.43. The standard InChI is InChI=1S/C18H15NO2S/c1-3-18(20,4-2)13-9-11-14(12-10-13)21-17-19-15-7-5-6-8-16(15)22-17/h3-12,20H,1-2H2. The highest BCUT2D eigenvalue weighted by atomic mass is 32.1. The number of aromatic nitrogens is 1. The molecule has 0 saturated carbocycles. The van der Waals surface area contributed by atoms with E-state index in [1.54, 1.807) is 24.3 Å². The van der Waals surface area contributed by atoms with E-state index in [1.165, 1.54) is 23.5 Å². The lowest BCUT2D eigenvalue weighted by molar-refractivity contribution is 0.144. The molecule has 0 radical (unpaired) electrons. The first-order chi connectivity index (χ1) is 10.6. The van der Waals surface area contributed by atoms with Crippen molar-refractivity contribution in [1.29, 1.82) is 0 Å². The number of ether oxygens (including phenoxy) is 1. The molecule has 0 aliphatic carbocycles. The molecule has 3 nitrogen and oxygen atoms in total. The van der Waals surface area contributed by atoms with Crippen LogP contribution in [0.25, 0.3) is 10.2 Å². The van der Waals surface area contributed by atoms with E-state index >= 15 is 0 Å². The SMILES string of the molecule is C=CC(O)(C=C)c1ccc(Oc2nc3ccccc3s2)cc1. The fourth-order valence-electron chi connectivity index (χ4n) is 2.10. The Morgan fingerprint density at radius 3 is 2.36 bits per heavy atom. The zero-order valence-corrected chi connectivity index (χ0v) is 12.7. The van der Waals surface area contributed by atoms with Gasteiger partial charge < -0.3 is 9.84 Å². The van der Waals surface area contributed by atoms with Crippen molar-refractivity contribution in [3.05, 3.63) is 79.4 Å². The Balaban J connectivity index is 1.84. The number of thiazole rings is 1. The van der Waals surface area contributed by atoms with Crippen LogP contribution in [-0.2, 0) is 5.60 Å². The number of fused-ring (bicyclic) bond motifs is 1. The van der Waals surface area contributed by atoms with Crippen LogP contribution < -0.4 is 4.74 Å². The van der Waals surface area contributed by atoms with Crippen molar-refractivity contribution in [3.63, 3.8) is 0 Å². The molecule has 2 aromatic carbocycles. The monoisotopic (exact) mass is 309 g/mol. The van der Waals surface area contributed by atoms with E-state index < -0.39 is 5.60 Å².